The molecular weight excluding hydrogens is 416 g/mol. The number of fused-ring (bicyclic) bond motifs is 1. The SMILES string of the molecule is CCCOc1cc(-c2c(CCC(O)CC)oc(=O)c3ccccc23)ccc1OC1CCCC1. The van der Waals surface area contributed by atoms with Gasteiger partial charge in [0.05, 0.1) is 24.2 Å². The summed E-state index contributed by atoms with van der Waals surface area (Å²) in [6.07, 6.45) is 6.95. The van der Waals surface area contributed by atoms with Crippen LogP contribution in [0.2, 0.25) is 0 Å². The Kier molecular flexibility index (Phi) is 7.71. The highest BCUT2D eigenvalue weighted by molar-refractivity contribution is 5.97. The molecule has 0 amide bonds. The van der Waals surface area contributed by atoms with Gasteiger partial charge in [0.15, 0.2) is 11.5 Å². The van der Waals surface area contributed by atoms with Crippen LogP contribution < -0.4 is 15.1 Å². The Morgan fingerprint density at radius 3 is 2.55 bits per heavy atom. The molecule has 0 radical (unpaired) electrons. The zero-order valence-corrected chi connectivity index (χ0v) is 19.6. The highest BCUT2D eigenvalue weighted by Crippen LogP contribution is 2.39. The topological polar surface area (TPSA) is 68.9 Å². The summed E-state index contributed by atoms with van der Waals surface area (Å²) in [6.45, 7) is 4.63. The van der Waals surface area contributed by atoms with E-state index in [0.29, 0.717) is 37.0 Å². The second kappa shape index (κ2) is 10.9. The van der Waals surface area contributed by atoms with Crippen LogP contribution >= 0.6 is 0 Å². The first kappa shape index (κ1) is 23.4. The van der Waals surface area contributed by atoms with Gasteiger partial charge in [-0.2, -0.15) is 0 Å². The smallest absolute Gasteiger partial charge is 0.343 e. The van der Waals surface area contributed by atoms with Gasteiger partial charge >= 0.3 is 5.63 Å². The summed E-state index contributed by atoms with van der Waals surface area (Å²) in [7, 11) is 0. The van der Waals surface area contributed by atoms with Crippen molar-refractivity contribution < 1.29 is 19.0 Å². The molecule has 1 atom stereocenters. The minimum atomic E-state index is -0.430. The van der Waals surface area contributed by atoms with Crippen molar-refractivity contribution in [2.45, 2.75) is 77.4 Å². The molecule has 33 heavy (non-hydrogen) atoms. The van der Waals surface area contributed by atoms with Crippen LogP contribution in [0.4, 0.5) is 0 Å². The molecule has 0 spiro atoms. The van der Waals surface area contributed by atoms with Crippen molar-refractivity contribution in [3.63, 3.8) is 0 Å². The quantitative estimate of drug-likeness (QED) is 0.394. The molecule has 0 aliphatic heterocycles. The van der Waals surface area contributed by atoms with Crippen LogP contribution in [-0.4, -0.2) is 23.9 Å². The lowest BCUT2D eigenvalue weighted by atomic mass is 9.95. The van der Waals surface area contributed by atoms with Crippen molar-refractivity contribution >= 4 is 10.8 Å². The van der Waals surface area contributed by atoms with E-state index in [2.05, 4.69) is 6.92 Å². The number of aliphatic hydroxyl groups is 1. The van der Waals surface area contributed by atoms with Crippen molar-refractivity contribution in [3.8, 4) is 22.6 Å². The molecular formula is C28H34O5. The van der Waals surface area contributed by atoms with Gasteiger partial charge in [0.25, 0.3) is 0 Å². The van der Waals surface area contributed by atoms with E-state index in [9.17, 15) is 9.90 Å². The lowest BCUT2D eigenvalue weighted by Gasteiger charge is -2.19. The molecule has 0 bridgehead atoms. The standard InChI is InChI=1S/C28H34O5/c1-3-17-31-26-18-19(13-15-24(26)32-21-9-5-6-10-21)27-22-11-7-8-12-23(22)28(30)33-25(27)16-14-20(29)4-2/h7-8,11-13,15,18,20-21,29H,3-6,9-10,14,16-17H2,1-2H3. The third-order valence-corrected chi connectivity index (χ3v) is 6.38. The van der Waals surface area contributed by atoms with Gasteiger partial charge in [-0.05, 0) is 68.7 Å². The monoisotopic (exact) mass is 450 g/mol. The minimum Gasteiger partial charge on any atom is -0.490 e. The van der Waals surface area contributed by atoms with Gasteiger partial charge in [-0.1, -0.05) is 38.1 Å². The lowest BCUT2D eigenvalue weighted by molar-refractivity contribution is 0.158. The van der Waals surface area contributed by atoms with E-state index in [1.165, 1.54) is 12.8 Å². The van der Waals surface area contributed by atoms with Crippen molar-refractivity contribution in [3.05, 3.63) is 58.6 Å². The van der Waals surface area contributed by atoms with E-state index in [-0.39, 0.29) is 11.7 Å². The highest BCUT2D eigenvalue weighted by atomic mass is 16.5. The fourth-order valence-electron chi connectivity index (χ4n) is 4.51. The largest absolute Gasteiger partial charge is 0.490 e. The van der Waals surface area contributed by atoms with Gasteiger partial charge in [-0.25, -0.2) is 4.79 Å². The average molecular weight is 451 g/mol. The first-order valence-corrected chi connectivity index (χ1v) is 12.3. The highest BCUT2D eigenvalue weighted by Gasteiger charge is 2.21. The second-order valence-corrected chi connectivity index (χ2v) is 8.87. The fourth-order valence-corrected chi connectivity index (χ4v) is 4.51. The Hall–Kier alpha value is -2.79. The summed E-state index contributed by atoms with van der Waals surface area (Å²) in [5.41, 5.74) is 1.45. The molecule has 1 aliphatic rings. The minimum absolute atomic E-state index is 0.237. The Balaban J connectivity index is 1.80. The van der Waals surface area contributed by atoms with Crippen LogP contribution in [0.1, 0.15) is 64.6 Å². The summed E-state index contributed by atoms with van der Waals surface area (Å²) in [6, 6.07) is 13.5. The zero-order valence-electron chi connectivity index (χ0n) is 19.6. The summed E-state index contributed by atoms with van der Waals surface area (Å²) in [5, 5.41) is 11.5. The number of ether oxygens (including phenoxy) is 2. The Morgan fingerprint density at radius 1 is 1.06 bits per heavy atom. The molecule has 1 aromatic heterocycles. The van der Waals surface area contributed by atoms with Crippen LogP contribution in [0.25, 0.3) is 21.9 Å². The lowest BCUT2D eigenvalue weighted by Crippen LogP contribution is -2.12. The molecule has 5 nitrogen and oxygen atoms in total. The molecule has 1 fully saturated rings. The van der Waals surface area contributed by atoms with Crippen LogP contribution in [-0.2, 0) is 6.42 Å². The van der Waals surface area contributed by atoms with Crippen LogP contribution in [0, 0.1) is 0 Å². The molecule has 1 heterocycles. The third-order valence-electron chi connectivity index (χ3n) is 6.38. The number of hydrogen-bond donors (Lipinski definition) is 1. The number of aryl methyl sites for hydroxylation is 1. The summed E-state index contributed by atoms with van der Waals surface area (Å²) in [4.78, 5) is 12.7. The average Bonchev–Trinajstić information content (AvgIpc) is 3.35. The maximum Gasteiger partial charge on any atom is 0.343 e. The van der Waals surface area contributed by atoms with E-state index in [0.717, 1.165) is 47.3 Å². The van der Waals surface area contributed by atoms with Crippen molar-refractivity contribution in [2.75, 3.05) is 6.61 Å². The number of hydrogen-bond acceptors (Lipinski definition) is 5. The fraction of sp³-hybridized carbons (Fsp3) is 0.464. The first-order valence-electron chi connectivity index (χ1n) is 12.3. The summed E-state index contributed by atoms with van der Waals surface area (Å²) < 4.78 is 18.2. The van der Waals surface area contributed by atoms with Gasteiger partial charge in [-0.3, -0.25) is 0 Å². The zero-order chi connectivity index (χ0) is 23.2. The molecule has 1 saturated carbocycles. The van der Waals surface area contributed by atoms with E-state index in [4.69, 9.17) is 13.9 Å². The van der Waals surface area contributed by atoms with Crippen molar-refractivity contribution in [2.24, 2.45) is 0 Å². The maximum absolute atomic E-state index is 12.7. The van der Waals surface area contributed by atoms with Gasteiger partial charge in [0.1, 0.15) is 5.76 Å². The van der Waals surface area contributed by atoms with E-state index in [1.807, 2.05) is 43.3 Å². The molecule has 0 saturated heterocycles. The van der Waals surface area contributed by atoms with Crippen molar-refractivity contribution in [1.29, 1.82) is 0 Å². The summed E-state index contributed by atoms with van der Waals surface area (Å²) in [5.74, 6) is 2.08. The van der Waals surface area contributed by atoms with Crippen LogP contribution in [0.15, 0.2) is 51.7 Å². The molecule has 4 rings (SSSR count). The summed E-state index contributed by atoms with van der Waals surface area (Å²) >= 11 is 0. The molecule has 1 aliphatic carbocycles. The first-order chi connectivity index (χ1) is 16.1. The Morgan fingerprint density at radius 2 is 1.82 bits per heavy atom. The number of rotatable bonds is 10. The molecule has 5 heteroatoms. The third kappa shape index (κ3) is 5.41. The van der Waals surface area contributed by atoms with E-state index >= 15 is 0 Å². The van der Waals surface area contributed by atoms with Gasteiger partial charge < -0.3 is 19.0 Å². The Bertz CT molecular complexity index is 1130. The molecule has 2 aromatic carbocycles. The predicted molar refractivity (Wildman–Crippen MR) is 131 cm³/mol. The van der Waals surface area contributed by atoms with E-state index in [1.54, 1.807) is 6.07 Å². The van der Waals surface area contributed by atoms with E-state index < -0.39 is 6.10 Å². The predicted octanol–water partition coefficient (Wildman–Crippen LogP) is 6.27. The number of aliphatic hydroxyl groups excluding tert-OH is 1. The molecule has 1 unspecified atom stereocenters. The van der Waals surface area contributed by atoms with Gasteiger partial charge in [-0.15, -0.1) is 0 Å². The second-order valence-electron chi connectivity index (χ2n) is 8.87. The molecule has 176 valence electrons. The van der Waals surface area contributed by atoms with Crippen molar-refractivity contribution in [1.82, 2.24) is 0 Å². The van der Waals surface area contributed by atoms with Crippen LogP contribution in [0.5, 0.6) is 11.5 Å². The Labute approximate surface area is 195 Å². The maximum atomic E-state index is 12.7. The normalized spacial score (nSPS) is 15.1. The molecule has 3 aromatic rings. The van der Waals surface area contributed by atoms with Gasteiger partial charge in [0.2, 0.25) is 0 Å². The van der Waals surface area contributed by atoms with Gasteiger partial charge in [0, 0.05) is 17.4 Å². The number of benzene rings is 2. The van der Waals surface area contributed by atoms with Crippen LogP contribution in [0.3, 0.4) is 0 Å². The molecule has 1 N–H and O–H groups in total.